The molecule has 0 aliphatic heterocycles. The molecular weight excluding hydrogens is 348 g/mol. The number of ether oxygens (including phenoxy) is 3. The fraction of sp³-hybridized carbons (Fsp3) is 0.300. The Kier molecular flexibility index (Phi) is 5.80. The van der Waals surface area contributed by atoms with Gasteiger partial charge in [-0.2, -0.15) is 0 Å². The van der Waals surface area contributed by atoms with Crippen LogP contribution in [0.4, 0.5) is 0 Å². The topological polar surface area (TPSA) is 82.8 Å². The van der Waals surface area contributed by atoms with Gasteiger partial charge in [0, 0.05) is 31.0 Å². The van der Waals surface area contributed by atoms with Crippen molar-refractivity contribution in [2.45, 2.75) is 19.4 Å². The van der Waals surface area contributed by atoms with E-state index in [0.29, 0.717) is 36.1 Å². The lowest BCUT2D eigenvalue weighted by molar-refractivity contribution is -0.121. The summed E-state index contributed by atoms with van der Waals surface area (Å²) in [6, 6.07) is 11.1. The van der Waals surface area contributed by atoms with Crippen molar-refractivity contribution in [3.63, 3.8) is 0 Å². The molecule has 0 saturated carbocycles. The normalized spacial score (nSPS) is 10.6. The Labute approximate surface area is 157 Å². The van der Waals surface area contributed by atoms with Crippen molar-refractivity contribution in [2.24, 2.45) is 0 Å². The van der Waals surface area contributed by atoms with Gasteiger partial charge in [0.1, 0.15) is 11.3 Å². The number of carbonyl (C=O) groups is 1. The van der Waals surface area contributed by atoms with Crippen LogP contribution in [0, 0.1) is 0 Å². The van der Waals surface area contributed by atoms with E-state index in [-0.39, 0.29) is 12.3 Å². The number of rotatable bonds is 8. The average molecular weight is 370 g/mol. The minimum absolute atomic E-state index is 0.103. The predicted molar refractivity (Wildman–Crippen MR) is 100 cm³/mol. The van der Waals surface area contributed by atoms with Crippen molar-refractivity contribution in [1.82, 2.24) is 10.3 Å². The second kappa shape index (κ2) is 8.44. The third-order valence-corrected chi connectivity index (χ3v) is 4.17. The van der Waals surface area contributed by atoms with Crippen molar-refractivity contribution in [2.75, 3.05) is 21.3 Å². The molecular formula is C20H22N2O5. The van der Waals surface area contributed by atoms with Crippen LogP contribution in [0.5, 0.6) is 17.2 Å². The molecule has 7 heteroatoms. The van der Waals surface area contributed by atoms with E-state index in [4.69, 9.17) is 18.6 Å². The van der Waals surface area contributed by atoms with E-state index >= 15 is 0 Å². The van der Waals surface area contributed by atoms with Crippen LogP contribution >= 0.6 is 0 Å². The van der Waals surface area contributed by atoms with E-state index < -0.39 is 0 Å². The highest BCUT2D eigenvalue weighted by atomic mass is 16.5. The third kappa shape index (κ3) is 4.31. The molecule has 3 aromatic rings. The Morgan fingerprint density at radius 3 is 2.44 bits per heavy atom. The summed E-state index contributed by atoms with van der Waals surface area (Å²) in [4.78, 5) is 16.6. The number of methoxy groups -OCH3 is 3. The minimum Gasteiger partial charge on any atom is -0.496 e. The molecule has 1 aromatic heterocycles. The van der Waals surface area contributed by atoms with Crippen LogP contribution in [-0.2, 0) is 17.8 Å². The molecule has 0 fully saturated rings. The van der Waals surface area contributed by atoms with Crippen LogP contribution in [-0.4, -0.2) is 32.2 Å². The van der Waals surface area contributed by atoms with Crippen molar-refractivity contribution >= 4 is 17.0 Å². The smallest absolute Gasteiger partial charge is 0.220 e. The predicted octanol–water partition coefficient (Wildman–Crippen LogP) is 3.10. The molecule has 0 spiro atoms. The Balaban J connectivity index is 1.60. The van der Waals surface area contributed by atoms with E-state index in [1.54, 1.807) is 33.5 Å². The second-order valence-corrected chi connectivity index (χ2v) is 5.87. The lowest BCUT2D eigenvalue weighted by Crippen LogP contribution is -2.23. The van der Waals surface area contributed by atoms with Crippen LogP contribution in [0.2, 0.25) is 0 Å². The standard InChI is InChI=1S/C20H22N2O5/c1-24-16-11-18(26-3)17(25-2)10-13(16)12-21-19(23)8-9-20-22-14-6-4-5-7-15(14)27-20/h4-7,10-11H,8-9,12H2,1-3H3,(H,21,23). The number of oxazole rings is 1. The SMILES string of the molecule is COc1cc(OC)c(OC)cc1CNC(=O)CCc1nc2ccccc2o1. The van der Waals surface area contributed by atoms with Crippen molar-refractivity contribution in [1.29, 1.82) is 0 Å². The summed E-state index contributed by atoms with van der Waals surface area (Å²) in [5.41, 5.74) is 2.32. The maximum absolute atomic E-state index is 12.2. The number of aromatic nitrogens is 1. The lowest BCUT2D eigenvalue weighted by atomic mass is 10.1. The minimum atomic E-state index is -0.103. The number of nitrogens with one attached hydrogen (secondary N) is 1. The quantitative estimate of drug-likeness (QED) is 0.656. The molecule has 1 N–H and O–H groups in total. The molecule has 0 aliphatic carbocycles. The Bertz CT molecular complexity index is 902. The number of fused-ring (bicyclic) bond motifs is 1. The van der Waals surface area contributed by atoms with Gasteiger partial charge in [-0.15, -0.1) is 0 Å². The third-order valence-electron chi connectivity index (χ3n) is 4.17. The van der Waals surface area contributed by atoms with Crippen LogP contribution in [0.25, 0.3) is 11.1 Å². The Hall–Kier alpha value is -3.22. The summed E-state index contributed by atoms with van der Waals surface area (Å²) in [6.07, 6.45) is 0.714. The monoisotopic (exact) mass is 370 g/mol. The van der Waals surface area contributed by atoms with Gasteiger partial charge in [-0.3, -0.25) is 4.79 Å². The Morgan fingerprint density at radius 2 is 1.74 bits per heavy atom. The van der Waals surface area contributed by atoms with Gasteiger partial charge in [-0.05, 0) is 18.2 Å². The average Bonchev–Trinajstić information content (AvgIpc) is 3.12. The fourth-order valence-electron chi connectivity index (χ4n) is 2.76. The van der Waals surface area contributed by atoms with Gasteiger partial charge in [0.25, 0.3) is 0 Å². The van der Waals surface area contributed by atoms with Crippen molar-refractivity contribution < 1.29 is 23.4 Å². The molecule has 7 nitrogen and oxygen atoms in total. The zero-order chi connectivity index (χ0) is 19.2. The van der Waals surface area contributed by atoms with Gasteiger partial charge in [-0.1, -0.05) is 12.1 Å². The van der Waals surface area contributed by atoms with Crippen LogP contribution < -0.4 is 19.5 Å². The first-order valence-corrected chi connectivity index (χ1v) is 8.54. The van der Waals surface area contributed by atoms with Crippen LogP contribution in [0.15, 0.2) is 40.8 Å². The van der Waals surface area contributed by atoms with E-state index in [1.165, 1.54) is 0 Å². The number of nitrogens with zero attached hydrogens (tertiary/aromatic N) is 1. The van der Waals surface area contributed by atoms with Gasteiger partial charge in [0.05, 0.1) is 21.3 Å². The van der Waals surface area contributed by atoms with Gasteiger partial charge in [0.15, 0.2) is 23.0 Å². The summed E-state index contributed by atoms with van der Waals surface area (Å²) in [5, 5.41) is 2.88. The maximum atomic E-state index is 12.2. The molecule has 1 amide bonds. The lowest BCUT2D eigenvalue weighted by Gasteiger charge is -2.14. The molecule has 0 saturated heterocycles. The summed E-state index contributed by atoms with van der Waals surface area (Å²) >= 11 is 0. The number of benzene rings is 2. The molecule has 27 heavy (non-hydrogen) atoms. The highest BCUT2D eigenvalue weighted by Crippen LogP contribution is 2.34. The van der Waals surface area contributed by atoms with Crippen molar-refractivity contribution in [3.05, 3.63) is 47.9 Å². The zero-order valence-corrected chi connectivity index (χ0v) is 15.6. The fourth-order valence-corrected chi connectivity index (χ4v) is 2.76. The van der Waals surface area contributed by atoms with Gasteiger partial charge >= 0.3 is 0 Å². The number of aryl methyl sites for hydroxylation is 1. The first kappa shape index (κ1) is 18.6. The van der Waals surface area contributed by atoms with Crippen LogP contribution in [0.1, 0.15) is 17.9 Å². The number of carbonyl (C=O) groups excluding carboxylic acids is 1. The van der Waals surface area contributed by atoms with E-state index in [9.17, 15) is 4.79 Å². The number of hydrogen-bond donors (Lipinski definition) is 1. The molecule has 0 atom stereocenters. The van der Waals surface area contributed by atoms with Crippen molar-refractivity contribution in [3.8, 4) is 17.2 Å². The largest absolute Gasteiger partial charge is 0.496 e. The highest BCUT2D eigenvalue weighted by molar-refractivity contribution is 5.76. The summed E-state index contributed by atoms with van der Waals surface area (Å²) < 4.78 is 21.6. The first-order valence-electron chi connectivity index (χ1n) is 8.54. The molecule has 0 radical (unpaired) electrons. The summed E-state index contributed by atoms with van der Waals surface area (Å²) in [6.45, 7) is 0.315. The molecule has 1 heterocycles. The van der Waals surface area contributed by atoms with Crippen LogP contribution in [0.3, 0.4) is 0 Å². The first-order chi connectivity index (χ1) is 13.1. The summed E-state index contributed by atoms with van der Waals surface area (Å²) in [7, 11) is 4.69. The molecule has 0 bridgehead atoms. The number of amides is 1. The van der Waals surface area contributed by atoms with Gasteiger partial charge < -0.3 is 23.9 Å². The van der Waals surface area contributed by atoms with Gasteiger partial charge in [-0.25, -0.2) is 4.98 Å². The number of para-hydroxylation sites is 2. The molecule has 0 aliphatic rings. The molecule has 3 rings (SSSR count). The van der Waals surface area contributed by atoms with Gasteiger partial charge in [0.2, 0.25) is 5.91 Å². The van der Waals surface area contributed by atoms with E-state index in [2.05, 4.69) is 10.3 Å². The van der Waals surface area contributed by atoms with E-state index in [1.807, 2.05) is 24.3 Å². The zero-order valence-electron chi connectivity index (χ0n) is 15.6. The highest BCUT2D eigenvalue weighted by Gasteiger charge is 2.13. The number of hydrogen-bond acceptors (Lipinski definition) is 6. The van der Waals surface area contributed by atoms with E-state index in [0.717, 1.165) is 16.7 Å². The molecule has 0 unspecified atom stereocenters. The second-order valence-electron chi connectivity index (χ2n) is 5.87. The molecule has 142 valence electrons. The Morgan fingerprint density at radius 1 is 1.04 bits per heavy atom. The summed E-state index contributed by atoms with van der Waals surface area (Å²) in [5.74, 6) is 2.21. The maximum Gasteiger partial charge on any atom is 0.220 e. The molecule has 2 aromatic carbocycles.